The van der Waals surface area contributed by atoms with E-state index in [1.54, 1.807) is 0 Å². The van der Waals surface area contributed by atoms with E-state index in [0.717, 1.165) is 12.8 Å². The van der Waals surface area contributed by atoms with Crippen LogP contribution in [-0.2, 0) is 4.79 Å². The number of esters is 1. The van der Waals surface area contributed by atoms with Gasteiger partial charge in [-0.05, 0) is 18.6 Å². The van der Waals surface area contributed by atoms with Gasteiger partial charge in [-0.15, -0.1) is 0 Å². The summed E-state index contributed by atoms with van der Waals surface area (Å²) in [6, 6.07) is 9.27. The van der Waals surface area contributed by atoms with Gasteiger partial charge in [0.05, 0.1) is 21.1 Å². The number of likely N-dealkylation sites (N-methyl/N-ethyl adjacent to an activating group) is 1. The fraction of sp³-hybridized carbons (Fsp3) is 0.667. The highest BCUT2D eigenvalue weighted by molar-refractivity contribution is 5.77. The quantitative estimate of drug-likeness (QED) is 0.227. The molecule has 0 aliphatic heterocycles. The van der Waals surface area contributed by atoms with E-state index in [2.05, 4.69) is 28.1 Å². The van der Waals surface area contributed by atoms with Crippen molar-refractivity contribution in [3.63, 3.8) is 0 Å². The van der Waals surface area contributed by atoms with Crippen molar-refractivity contribution in [2.45, 2.75) is 70.8 Å². The Labute approximate surface area is 165 Å². The van der Waals surface area contributed by atoms with Crippen molar-refractivity contribution >= 4 is 5.97 Å². The summed E-state index contributed by atoms with van der Waals surface area (Å²) in [6.07, 6.45) is 11.2. The molecule has 0 aromatic heterocycles. The number of nitrogens with zero attached hydrogens (tertiary/aromatic N) is 1. The van der Waals surface area contributed by atoms with Gasteiger partial charge in [-0.2, -0.15) is 0 Å². The zero-order valence-corrected chi connectivity index (χ0v) is 18.1. The molecule has 1 unspecified atom stereocenters. The summed E-state index contributed by atoms with van der Waals surface area (Å²) >= 11 is 0. The molecule has 0 heterocycles. The highest BCUT2D eigenvalue weighted by Gasteiger charge is 2.32. The van der Waals surface area contributed by atoms with Crippen LogP contribution in [-0.4, -0.2) is 37.6 Å². The number of ether oxygens (including phenoxy) is 1. The number of hydrogen-bond acceptors (Lipinski definition) is 2. The molecule has 0 aliphatic carbocycles. The Morgan fingerprint density at radius 1 is 0.920 bits per heavy atom. The average molecular weight is 414 g/mol. The Hall–Kier alpha value is -0.870. The maximum atomic E-state index is 12.6. The van der Waals surface area contributed by atoms with E-state index in [9.17, 15) is 4.79 Å². The number of quaternary nitrogens is 1. The summed E-state index contributed by atoms with van der Waals surface area (Å²) in [5.41, 5.74) is 0. The predicted octanol–water partition coefficient (Wildman–Crippen LogP) is 2.20. The smallest absolute Gasteiger partial charge is 0.370 e. The standard InChI is InChI=1S/C21H36NO2.BrH/c1-5-6-7-8-9-10-11-15-18-20(22(2,3)4)21(23)24-19-16-13-12-14-17-19;/h12-14,16-17,20H,5-11,15,18H2,1-4H3;1H/q+1;/p-1. The van der Waals surface area contributed by atoms with Crippen LogP contribution in [0.1, 0.15) is 64.7 Å². The third-order valence-corrected chi connectivity index (χ3v) is 4.50. The molecule has 0 amide bonds. The van der Waals surface area contributed by atoms with Crippen LogP contribution in [0.25, 0.3) is 0 Å². The molecule has 144 valence electrons. The lowest BCUT2D eigenvalue weighted by Gasteiger charge is -2.32. The number of carbonyl (C=O) groups excluding carboxylic acids is 1. The Balaban J connectivity index is 0.00000576. The van der Waals surface area contributed by atoms with Gasteiger partial charge in [0.15, 0.2) is 6.04 Å². The second-order valence-corrected chi connectivity index (χ2v) is 7.63. The topological polar surface area (TPSA) is 26.3 Å². The maximum absolute atomic E-state index is 12.6. The van der Waals surface area contributed by atoms with Gasteiger partial charge in [0.25, 0.3) is 0 Å². The van der Waals surface area contributed by atoms with Crippen molar-refractivity contribution in [2.75, 3.05) is 21.1 Å². The normalized spacial score (nSPS) is 12.3. The Morgan fingerprint density at radius 3 is 1.96 bits per heavy atom. The molecule has 1 aromatic rings. The van der Waals surface area contributed by atoms with Gasteiger partial charge in [0.1, 0.15) is 5.75 Å². The molecular formula is C21H36BrNO2. The lowest BCUT2D eigenvalue weighted by Crippen LogP contribution is -3.00. The van der Waals surface area contributed by atoms with Gasteiger partial charge in [0, 0.05) is 6.42 Å². The molecule has 1 aromatic carbocycles. The van der Waals surface area contributed by atoms with E-state index >= 15 is 0 Å². The molecule has 0 N–H and O–H groups in total. The third-order valence-electron chi connectivity index (χ3n) is 4.50. The van der Waals surface area contributed by atoms with Gasteiger partial charge in [-0.1, -0.05) is 70.1 Å². The molecule has 0 aliphatic rings. The number of para-hydroxylation sites is 1. The first-order valence-corrected chi connectivity index (χ1v) is 9.53. The van der Waals surface area contributed by atoms with Gasteiger partial charge in [-0.25, -0.2) is 4.79 Å². The Morgan fingerprint density at radius 2 is 1.44 bits per heavy atom. The fourth-order valence-electron chi connectivity index (χ4n) is 2.97. The second-order valence-electron chi connectivity index (χ2n) is 7.63. The molecule has 0 fully saturated rings. The minimum Gasteiger partial charge on any atom is -1.00 e. The predicted molar refractivity (Wildman–Crippen MR) is 101 cm³/mol. The first-order valence-electron chi connectivity index (χ1n) is 9.53. The summed E-state index contributed by atoms with van der Waals surface area (Å²) in [6.45, 7) is 2.25. The van der Waals surface area contributed by atoms with Crippen LogP contribution in [0.4, 0.5) is 0 Å². The lowest BCUT2D eigenvalue weighted by molar-refractivity contribution is -0.887. The molecule has 0 radical (unpaired) electrons. The number of carbonyl (C=O) groups is 1. The zero-order chi connectivity index (χ0) is 17.8. The maximum Gasteiger partial charge on any atom is 0.370 e. The van der Waals surface area contributed by atoms with Crippen molar-refractivity contribution in [3.8, 4) is 5.75 Å². The van der Waals surface area contributed by atoms with E-state index in [1.165, 1.54) is 44.9 Å². The van der Waals surface area contributed by atoms with Crippen LogP contribution in [0.2, 0.25) is 0 Å². The van der Waals surface area contributed by atoms with E-state index in [4.69, 9.17) is 4.74 Å². The van der Waals surface area contributed by atoms with Crippen molar-refractivity contribution in [1.82, 2.24) is 0 Å². The van der Waals surface area contributed by atoms with E-state index < -0.39 is 0 Å². The van der Waals surface area contributed by atoms with Gasteiger partial charge in [-0.3, -0.25) is 0 Å². The number of benzene rings is 1. The monoisotopic (exact) mass is 413 g/mol. The lowest BCUT2D eigenvalue weighted by atomic mass is 10.0. The molecule has 4 heteroatoms. The van der Waals surface area contributed by atoms with E-state index in [-0.39, 0.29) is 29.0 Å². The molecule has 0 spiro atoms. The van der Waals surface area contributed by atoms with Crippen LogP contribution >= 0.6 is 0 Å². The third kappa shape index (κ3) is 10.7. The van der Waals surface area contributed by atoms with Crippen molar-refractivity contribution in [1.29, 1.82) is 0 Å². The second kappa shape index (κ2) is 13.3. The SMILES string of the molecule is CCCCCCCCCCC(C(=O)Oc1ccccc1)[N+](C)(C)C.[Br-]. The van der Waals surface area contributed by atoms with Crippen LogP contribution in [0.5, 0.6) is 5.75 Å². The minimum atomic E-state index is -0.114. The van der Waals surface area contributed by atoms with E-state index in [1.807, 2.05) is 30.3 Å². The Kier molecular flexibility index (Phi) is 12.9. The van der Waals surface area contributed by atoms with Crippen molar-refractivity contribution in [3.05, 3.63) is 30.3 Å². The van der Waals surface area contributed by atoms with Crippen LogP contribution in [0, 0.1) is 0 Å². The molecule has 0 saturated carbocycles. The summed E-state index contributed by atoms with van der Waals surface area (Å²) in [7, 11) is 6.21. The van der Waals surface area contributed by atoms with Crippen molar-refractivity contribution < 1.29 is 31.0 Å². The molecule has 3 nitrogen and oxygen atoms in total. The minimum absolute atomic E-state index is 0. The number of halogens is 1. The van der Waals surface area contributed by atoms with Crippen LogP contribution in [0.15, 0.2) is 30.3 Å². The number of rotatable bonds is 12. The first-order chi connectivity index (χ1) is 11.4. The average Bonchev–Trinajstić information content (AvgIpc) is 2.53. The molecule has 1 rings (SSSR count). The summed E-state index contributed by atoms with van der Waals surface area (Å²) in [4.78, 5) is 12.6. The highest BCUT2D eigenvalue weighted by atomic mass is 79.9. The zero-order valence-electron chi connectivity index (χ0n) is 16.5. The summed E-state index contributed by atoms with van der Waals surface area (Å²) in [5, 5.41) is 0. The molecular weight excluding hydrogens is 378 g/mol. The fourth-order valence-corrected chi connectivity index (χ4v) is 2.97. The van der Waals surface area contributed by atoms with Gasteiger partial charge >= 0.3 is 5.97 Å². The molecule has 1 atom stereocenters. The summed E-state index contributed by atoms with van der Waals surface area (Å²) in [5.74, 6) is 0.522. The molecule has 0 bridgehead atoms. The molecule has 25 heavy (non-hydrogen) atoms. The highest BCUT2D eigenvalue weighted by Crippen LogP contribution is 2.18. The first kappa shape index (κ1) is 24.1. The number of hydrogen-bond donors (Lipinski definition) is 0. The number of unbranched alkanes of at least 4 members (excludes halogenated alkanes) is 7. The van der Waals surface area contributed by atoms with Crippen LogP contribution < -0.4 is 21.7 Å². The van der Waals surface area contributed by atoms with Gasteiger partial charge < -0.3 is 26.2 Å². The largest absolute Gasteiger partial charge is 1.00 e. The summed E-state index contributed by atoms with van der Waals surface area (Å²) < 4.78 is 6.18. The molecule has 0 saturated heterocycles. The van der Waals surface area contributed by atoms with Crippen molar-refractivity contribution in [2.24, 2.45) is 0 Å². The van der Waals surface area contributed by atoms with Crippen LogP contribution in [0.3, 0.4) is 0 Å². The Bertz CT molecular complexity index is 457. The van der Waals surface area contributed by atoms with Gasteiger partial charge in [0.2, 0.25) is 0 Å². The van der Waals surface area contributed by atoms with E-state index in [0.29, 0.717) is 10.2 Å².